The molecule has 152 valence electrons. The van der Waals surface area contributed by atoms with Gasteiger partial charge in [0.1, 0.15) is 10.4 Å². The summed E-state index contributed by atoms with van der Waals surface area (Å²) >= 11 is 3.88. The monoisotopic (exact) mass is 438 g/mol. The van der Waals surface area contributed by atoms with Gasteiger partial charge in [0.15, 0.2) is 5.78 Å². The fourth-order valence-corrected chi connectivity index (χ4v) is 8.99. The van der Waals surface area contributed by atoms with E-state index in [2.05, 4.69) is 29.8 Å². The van der Waals surface area contributed by atoms with E-state index in [0.717, 1.165) is 24.7 Å². The van der Waals surface area contributed by atoms with Crippen LogP contribution in [0.2, 0.25) is 0 Å². The third-order valence-electron chi connectivity index (χ3n) is 9.54. The summed E-state index contributed by atoms with van der Waals surface area (Å²) in [5.74, 6) is 2.64. The molecule has 8 atom stereocenters. The normalized spacial score (nSPS) is 51.7. The Kier molecular flexibility index (Phi) is 4.85. The molecule has 4 heteroatoms. The fraction of sp³-hybridized carbons (Fsp3) is 0.913. The molecule has 0 unspecified atom stereocenters. The summed E-state index contributed by atoms with van der Waals surface area (Å²) in [5.41, 5.74) is 0.352. The zero-order valence-electron chi connectivity index (χ0n) is 17.4. The Labute approximate surface area is 172 Å². The second-order valence-corrected chi connectivity index (χ2v) is 11.7. The van der Waals surface area contributed by atoms with Crippen molar-refractivity contribution in [1.29, 1.82) is 0 Å². The van der Waals surface area contributed by atoms with Crippen molar-refractivity contribution in [3.05, 3.63) is 0 Å². The van der Waals surface area contributed by atoms with E-state index >= 15 is 0 Å². The average Bonchev–Trinajstić information content (AvgIpc) is 2.83. The summed E-state index contributed by atoms with van der Waals surface area (Å²) in [6.45, 7) is 8.00. The van der Waals surface area contributed by atoms with Gasteiger partial charge in [0.2, 0.25) is 0 Å². The number of Topliss-reactive ketones (excluding diaryl/α,β-unsaturated/α-hetero) is 1. The van der Waals surface area contributed by atoms with Crippen LogP contribution in [0.4, 0.5) is 0 Å². The van der Waals surface area contributed by atoms with Crippen molar-refractivity contribution < 1.29 is 14.3 Å². The largest absolute Gasteiger partial charge is 0.461 e. The number of alkyl halides is 1. The Morgan fingerprint density at radius 1 is 0.963 bits per heavy atom. The first-order chi connectivity index (χ1) is 12.6. The molecule has 4 aliphatic rings. The number of hydrogen-bond acceptors (Lipinski definition) is 3. The van der Waals surface area contributed by atoms with Crippen molar-refractivity contribution >= 4 is 27.7 Å². The Balaban J connectivity index is 1.70. The molecule has 4 fully saturated rings. The van der Waals surface area contributed by atoms with Gasteiger partial charge in [-0.05, 0) is 86.4 Å². The van der Waals surface area contributed by atoms with Crippen molar-refractivity contribution in [3.63, 3.8) is 0 Å². The predicted octanol–water partition coefficient (Wildman–Crippen LogP) is 5.68. The Bertz CT molecular complexity index is 648. The van der Waals surface area contributed by atoms with Crippen LogP contribution >= 0.6 is 15.9 Å². The molecule has 4 saturated carbocycles. The highest BCUT2D eigenvalue weighted by atomic mass is 79.9. The van der Waals surface area contributed by atoms with Crippen LogP contribution in [0.1, 0.15) is 85.5 Å². The van der Waals surface area contributed by atoms with Gasteiger partial charge in [-0.1, -0.05) is 42.6 Å². The molecule has 0 amide bonds. The zero-order chi connectivity index (χ0) is 19.6. The third kappa shape index (κ3) is 2.64. The molecule has 27 heavy (non-hydrogen) atoms. The van der Waals surface area contributed by atoms with Crippen molar-refractivity contribution in [2.24, 2.45) is 34.5 Å². The maximum atomic E-state index is 12.8. The first-order valence-corrected chi connectivity index (χ1v) is 11.8. The number of fused-ring (bicyclic) bond motifs is 5. The number of hydrogen-bond donors (Lipinski definition) is 0. The SMILES string of the molecule is CC(=O)O[C@@H]1C[C@@H]2[C@@H]3CC[C@H]4CCCC[C@]4(C)[C@H]3CC[C@@]2(C)[C@@]1(Br)C(C)=O. The fourth-order valence-electron chi connectivity index (χ4n) is 8.22. The highest BCUT2D eigenvalue weighted by Gasteiger charge is 2.70. The summed E-state index contributed by atoms with van der Waals surface area (Å²) in [6, 6.07) is 0. The maximum absolute atomic E-state index is 12.8. The van der Waals surface area contributed by atoms with Crippen LogP contribution in [-0.4, -0.2) is 22.2 Å². The molecule has 0 bridgehead atoms. The van der Waals surface area contributed by atoms with Crippen LogP contribution in [-0.2, 0) is 14.3 Å². The minimum Gasteiger partial charge on any atom is -0.461 e. The Hall–Kier alpha value is -0.380. The number of halogens is 1. The topological polar surface area (TPSA) is 43.4 Å². The van der Waals surface area contributed by atoms with E-state index in [1.54, 1.807) is 6.92 Å². The molecular formula is C23H35BrO3. The molecule has 0 radical (unpaired) electrons. The van der Waals surface area contributed by atoms with Crippen LogP contribution in [0.25, 0.3) is 0 Å². The lowest BCUT2D eigenvalue weighted by Crippen LogP contribution is -2.57. The van der Waals surface area contributed by atoms with Crippen molar-refractivity contribution in [3.8, 4) is 0 Å². The summed E-state index contributed by atoms with van der Waals surface area (Å²) in [4.78, 5) is 24.6. The number of ether oxygens (including phenoxy) is 1. The average molecular weight is 439 g/mol. The summed E-state index contributed by atoms with van der Waals surface area (Å²) in [7, 11) is 0. The molecule has 4 rings (SSSR count). The molecular weight excluding hydrogens is 404 g/mol. The minimum absolute atomic E-state index is 0.120. The molecule has 0 aromatic rings. The highest BCUT2D eigenvalue weighted by molar-refractivity contribution is 9.10. The molecule has 0 spiro atoms. The lowest BCUT2D eigenvalue weighted by molar-refractivity contribution is -0.149. The number of ketones is 1. The summed E-state index contributed by atoms with van der Waals surface area (Å²) < 4.78 is 5.02. The van der Waals surface area contributed by atoms with Gasteiger partial charge in [-0.3, -0.25) is 9.59 Å². The molecule has 4 aliphatic carbocycles. The first kappa shape index (κ1) is 19.9. The second-order valence-electron chi connectivity index (χ2n) is 10.5. The van der Waals surface area contributed by atoms with Crippen LogP contribution in [0, 0.1) is 34.5 Å². The second kappa shape index (κ2) is 6.57. The number of esters is 1. The van der Waals surface area contributed by atoms with E-state index in [0.29, 0.717) is 17.3 Å². The van der Waals surface area contributed by atoms with Gasteiger partial charge in [0.25, 0.3) is 0 Å². The summed E-state index contributed by atoms with van der Waals surface area (Å²) in [5, 5.41) is 0. The third-order valence-corrected chi connectivity index (χ3v) is 11.5. The maximum Gasteiger partial charge on any atom is 0.302 e. The zero-order valence-corrected chi connectivity index (χ0v) is 18.9. The van der Waals surface area contributed by atoms with Crippen LogP contribution in [0.3, 0.4) is 0 Å². The van der Waals surface area contributed by atoms with E-state index in [4.69, 9.17) is 4.74 Å². The van der Waals surface area contributed by atoms with Gasteiger partial charge in [-0.15, -0.1) is 0 Å². The van der Waals surface area contributed by atoms with E-state index in [1.807, 2.05) is 0 Å². The lowest BCUT2D eigenvalue weighted by atomic mass is 9.45. The van der Waals surface area contributed by atoms with Gasteiger partial charge < -0.3 is 4.74 Å². The standard InChI is InChI=1S/C23H35BrO3/c1-14(25)23(24)20(27-15(2)26)13-19-17-9-8-16-7-5-6-11-21(16,3)18(17)10-12-22(19,23)4/h16-20H,5-13H2,1-4H3/t16-,17-,18+,19-,20-,21+,22-,23-/m1/s1. The quantitative estimate of drug-likeness (QED) is 0.411. The predicted molar refractivity (Wildman–Crippen MR) is 110 cm³/mol. The highest BCUT2D eigenvalue weighted by Crippen LogP contribution is 2.70. The first-order valence-electron chi connectivity index (χ1n) is 11.0. The van der Waals surface area contributed by atoms with Gasteiger partial charge in [-0.2, -0.15) is 0 Å². The number of rotatable bonds is 2. The summed E-state index contributed by atoms with van der Waals surface area (Å²) in [6.07, 6.45) is 11.0. The van der Waals surface area contributed by atoms with Crippen LogP contribution in [0.5, 0.6) is 0 Å². The van der Waals surface area contributed by atoms with Gasteiger partial charge >= 0.3 is 5.97 Å². The minimum atomic E-state index is -0.731. The van der Waals surface area contributed by atoms with Crippen molar-refractivity contribution in [2.45, 2.75) is 95.9 Å². The van der Waals surface area contributed by atoms with Crippen molar-refractivity contribution in [2.75, 3.05) is 0 Å². The van der Waals surface area contributed by atoms with E-state index in [1.165, 1.54) is 51.9 Å². The molecule has 0 heterocycles. The van der Waals surface area contributed by atoms with Gasteiger partial charge in [-0.25, -0.2) is 0 Å². The molecule has 0 aromatic heterocycles. The smallest absolute Gasteiger partial charge is 0.302 e. The molecule has 0 aromatic carbocycles. The van der Waals surface area contributed by atoms with E-state index in [-0.39, 0.29) is 23.3 Å². The Morgan fingerprint density at radius 2 is 1.70 bits per heavy atom. The number of carbonyl (C=O) groups excluding carboxylic acids is 2. The number of carbonyl (C=O) groups is 2. The Morgan fingerprint density at radius 3 is 2.37 bits per heavy atom. The van der Waals surface area contributed by atoms with Crippen LogP contribution < -0.4 is 0 Å². The van der Waals surface area contributed by atoms with Gasteiger partial charge in [0.05, 0.1) is 0 Å². The molecule has 0 N–H and O–H groups in total. The molecule has 0 aliphatic heterocycles. The van der Waals surface area contributed by atoms with Gasteiger partial charge in [0, 0.05) is 6.92 Å². The lowest BCUT2D eigenvalue weighted by Gasteiger charge is -2.61. The molecule has 0 saturated heterocycles. The van der Waals surface area contributed by atoms with E-state index in [9.17, 15) is 9.59 Å². The van der Waals surface area contributed by atoms with Crippen molar-refractivity contribution in [1.82, 2.24) is 0 Å². The molecule has 3 nitrogen and oxygen atoms in total. The van der Waals surface area contributed by atoms with Crippen LogP contribution in [0.15, 0.2) is 0 Å². The van der Waals surface area contributed by atoms with E-state index < -0.39 is 4.32 Å².